The molecule has 61 heavy (non-hydrogen) atoms. The van der Waals surface area contributed by atoms with Crippen LogP contribution < -0.4 is 0 Å². The van der Waals surface area contributed by atoms with Gasteiger partial charge in [-0.25, -0.2) is 0 Å². The molecule has 2 aromatic heterocycles. The Morgan fingerprint density at radius 1 is 0.508 bits per heavy atom. The molecule has 0 unspecified atom stereocenters. The largest absolute Gasteiger partial charge is 0.512 e. The van der Waals surface area contributed by atoms with Gasteiger partial charge in [-0.05, 0) is 99.7 Å². The van der Waals surface area contributed by atoms with E-state index in [2.05, 4.69) is 140 Å². The van der Waals surface area contributed by atoms with E-state index < -0.39 is 0 Å². The van der Waals surface area contributed by atoms with Crippen LogP contribution in [0.25, 0.3) is 78.1 Å². The van der Waals surface area contributed by atoms with Crippen molar-refractivity contribution < 1.29 is 9.90 Å². The molecule has 8 aromatic rings. The Morgan fingerprint density at radius 3 is 1.38 bits per heavy atom. The van der Waals surface area contributed by atoms with Gasteiger partial charge in [0.15, 0.2) is 5.78 Å². The third kappa shape index (κ3) is 8.62. The number of aromatic nitrogens is 2. The number of nitrogens with zero attached hydrogens (tertiary/aromatic N) is 2. The van der Waals surface area contributed by atoms with Crippen molar-refractivity contribution >= 4 is 5.78 Å². The van der Waals surface area contributed by atoms with E-state index in [-0.39, 0.29) is 17.0 Å². The lowest BCUT2D eigenvalue weighted by Gasteiger charge is -2.22. The zero-order valence-corrected chi connectivity index (χ0v) is 34.5. The lowest BCUT2D eigenvalue weighted by Crippen LogP contribution is -2.15. The van der Waals surface area contributed by atoms with Gasteiger partial charge in [-0.15, -0.1) is 0 Å². The Kier molecular flexibility index (Phi) is 11.3. The molecule has 2 heterocycles. The molecule has 4 nitrogen and oxygen atoms in total. The van der Waals surface area contributed by atoms with E-state index in [1.807, 2.05) is 54.9 Å². The number of aryl methyl sites for hydroxylation is 1. The van der Waals surface area contributed by atoms with Crippen LogP contribution in [0.1, 0.15) is 44.6 Å². The van der Waals surface area contributed by atoms with Gasteiger partial charge in [-0.1, -0.05) is 165 Å². The summed E-state index contributed by atoms with van der Waals surface area (Å²) in [6, 6.07) is 61.4. The second-order valence-electron chi connectivity index (χ2n) is 16.4. The maximum absolute atomic E-state index is 13.4. The quantitative estimate of drug-likeness (QED) is 0.0988. The Morgan fingerprint density at radius 2 is 0.918 bits per heavy atom. The summed E-state index contributed by atoms with van der Waals surface area (Å²) in [6.45, 7) is 2.07. The van der Waals surface area contributed by atoms with Crippen LogP contribution in [-0.2, 0) is 11.2 Å². The highest BCUT2D eigenvalue weighted by Gasteiger charge is 2.33. The van der Waals surface area contributed by atoms with Gasteiger partial charge in [0, 0.05) is 52.6 Å². The predicted octanol–water partition coefficient (Wildman–Crippen LogP) is 14.7. The lowest BCUT2D eigenvalue weighted by atomic mass is 9.85. The zero-order chi connectivity index (χ0) is 41.6. The van der Waals surface area contributed by atoms with E-state index in [4.69, 9.17) is 9.97 Å². The minimum Gasteiger partial charge on any atom is -0.512 e. The molecule has 0 radical (unpaired) electrons. The van der Waals surface area contributed by atoms with E-state index in [0.717, 1.165) is 109 Å². The van der Waals surface area contributed by atoms with E-state index in [1.165, 1.54) is 6.08 Å². The number of ketones is 1. The number of rotatable bonds is 12. The van der Waals surface area contributed by atoms with E-state index in [1.54, 1.807) is 0 Å². The monoisotopic (exact) mass is 792 g/mol. The summed E-state index contributed by atoms with van der Waals surface area (Å²) < 4.78 is 0. The molecule has 0 saturated heterocycles. The van der Waals surface area contributed by atoms with Crippen molar-refractivity contribution in [3.05, 3.63) is 206 Å². The molecule has 6 aromatic carbocycles. The number of aliphatic hydroxyl groups excluding tert-OH is 1. The summed E-state index contributed by atoms with van der Waals surface area (Å²) in [4.78, 5) is 23.1. The summed E-state index contributed by atoms with van der Waals surface area (Å²) in [5, 5.41) is 11.0. The van der Waals surface area contributed by atoms with Crippen molar-refractivity contribution in [3.8, 4) is 78.1 Å². The highest BCUT2D eigenvalue weighted by molar-refractivity contribution is 5.93. The van der Waals surface area contributed by atoms with Gasteiger partial charge < -0.3 is 5.11 Å². The van der Waals surface area contributed by atoms with Crippen molar-refractivity contribution in [2.24, 2.45) is 5.41 Å². The summed E-state index contributed by atoms with van der Waals surface area (Å²) >= 11 is 0. The van der Waals surface area contributed by atoms with Gasteiger partial charge >= 0.3 is 0 Å². The van der Waals surface area contributed by atoms with Crippen LogP contribution in [0.4, 0.5) is 0 Å². The van der Waals surface area contributed by atoms with Gasteiger partial charge in [-0.2, -0.15) is 0 Å². The fourth-order valence-corrected chi connectivity index (χ4v) is 8.82. The van der Waals surface area contributed by atoms with Crippen molar-refractivity contribution in [3.63, 3.8) is 0 Å². The normalized spacial score (nSPS) is 13.6. The Bertz CT molecular complexity index is 2680. The van der Waals surface area contributed by atoms with Crippen LogP contribution in [0.5, 0.6) is 0 Å². The maximum atomic E-state index is 13.4. The van der Waals surface area contributed by atoms with Crippen molar-refractivity contribution in [2.45, 2.75) is 45.4 Å². The third-order valence-electron chi connectivity index (χ3n) is 12.3. The van der Waals surface area contributed by atoms with Gasteiger partial charge in [0.25, 0.3) is 0 Å². The SMILES string of the molecule is CC1(/C(O)=C/C(=O)CCc2ccccc2-c2cc(-c3ccccc3-c3ccc(-c4ccccc4)nc3)cc(-c3ccccc3-c3ccc(-c4ccccc4)nc3)c2)CCCC1. The van der Waals surface area contributed by atoms with Crippen LogP contribution in [0.3, 0.4) is 0 Å². The Balaban J connectivity index is 1.13. The fraction of sp³-hybridized carbons (Fsp3) is 0.140. The first-order valence-corrected chi connectivity index (χ1v) is 21.3. The number of hydrogen-bond donors (Lipinski definition) is 1. The van der Waals surface area contributed by atoms with Gasteiger partial charge in [-0.3, -0.25) is 14.8 Å². The lowest BCUT2D eigenvalue weighted by molar-refractivity contribution is -0.114. The standard InChI is InChI=1S/C57H48N2O2/c1-57(32-14-15-33-57)56(61)37-48(60)29-26-40-16-8-9-21-49(40)45-34-46(52-24-12-10-22-50(52)43-27-30-54(58-38-43)41-17-4-2-5-18-41)36-47(35-45)53-25-13-11-23-51(53)44-28-31-55(59-39-44)42-19-6-3-7-20-42/h2-13,16-25,27-28,30-31,34-39,61H,14-15,26,29,32-33H2,1H3/b56-37-. The molecule has 4 heteroatoms. The number of pyridine rings is 2. The molecule has 1 N–H and O–H groups in total. The third-order valence-corrected chi connectivity index (χ3v) is 12.3. The van der Waals surface area contributed by atoms with E-state index in [9.17, 15) is 9.90 Å². The number of carbonyl (C=O) groups excluding carboxylic acids is 1. The van der Waals surface area contributed by atoms with Gasteiger partial charge in [0.05, 0.1) is 11.4 Å². The molecule has 1 aliphatic rings. The molecule has 0 amide bonds. The van der Waals surface area contributed by atoms with Crippen LogP contribution in [-0.4, -0.2) is 20.9 Å². The average Bonchev–Trinajstić information content (AvgIpc) is 3.79. The molecule has 9 rings (SSSR count). The first-order chi connectivity index (χ1) is 29.9. The highest BCUT2D eigenvalue weighted by Crippen LogP contribution is 2.43. The van der Waals surface area contributed by atoms with Crippen molar-refractivity contribution in [1.29, 1.82) is 0 Å². The number of carbonyl (C=O) groups is 1. The van der Waals surface area contributed by atoms with Gasteiger partial charge in [0.2, 0.25) is 0 Å². The molecule has 0 bridgehead atoms. The molecule has 1 saturated carbocycles. The number of benzene rings is 6. The topological polar surface area (TPSA) is 63.1 Å². The second-order valence-corrected chi connectivity index (χ2v) is 16.4. The predicted molar refractivity (Wildman–Crippen MR) is 251 cm³/mol. The summed E-state index contributed by atoms with van der Waals surface area (Å²) in [7, 11) is 0. The zero-order valence-electron chi connectivity index (χ0n) is 34.5. The van der Waals surface area contributed by atoms with Crippen LogP contribution >= 0.6 is 0 Å². The number of allylic oxidation sites excluding steroid dienone is 2. The molecule has 1 fully saturated rings. The summed E-state index contributed by atoms with van der Waals surface area (Å²) in [6.07, 6.45) is 10.3. The van der Waals surface area contributed by atoms with Crippen molar-refractivity contribution in [2.75, 3.05) is 0 Å². The molecule has 298 valence electrons. The van der Waals surface area contributed by atoms with Crippen molar-refractivity contribution in [1.82, 2.24) is 9.97 Å². The minimum atomic E-state index is -0.295. The summed E-state index contributed by atoms with van der Waals surface area (Å²) in [5.41, 5.74) is 15.6. The molecular weight excluding hydrogens is 745 g/mol. The molecule has 1 aliphatic carbocycles. The van der Waals surface area contributed by atoms with E-state index in [0.29, 0.717) is 12.8 Å². The first kappa shape index (κ1) is 39.3. The first-order valence-electron chi connectivity index (χ1n) is 21.3. The van der Waals surface area contributed by atoms with Crippen LogP contribution in [0.15, 0.2) is 200 Å². The van der Waals surface area contributed by atoms with Gasteiger partial charge in [0.1, 0.15) is 5.76 Å². The molecule has 0 atom stereocenters. The van der Waals surface area contributed by atoms with Crippen LogP contribution in [0, 0.1) is 5.41 Å². The molecule has 0 spiro atoms. The highest BCUT2D eigenvalue weighted by atomic mass is 16.3. The number of aliphatic hydroxyl groups is 1. The minimum absolute atomic E-state index is 0.0449. The average molecular weight is 793 g/mol. The summed E-state index contributed by atoms with van der Waals surface area (Å²) in [5.74, 6) is 0.185. The molecule has 0 aliphatic heterocycles. The Hall–Kier alpha value is -7.17. The maximum Gasteiger partial charge on any atom is 0.159 e. The second kappa shape index (κ2) is 17.6. The molecular formula is C57H48N2O2. The van der Waals surface area contributed by atoms with E-state index >= 15 is 0 Å². The number of hydrogen-bond acceptors (Lipinski definition) is 4. The smallest absolute Gasteiger partial charge is 0.159 e. The van der Waals surface area contributed by atoms with Crippen LogP contribution in [0.2, 0.25) is 0 Å². The fourth-order valence-electron chi connectivity index (χ4n) is 8.82. The Labute approximate surface area is 359 Å².